The van der Waals surface area contributed by atoms with Gasteiger partial charge in [0.25, 0.3) is 5.91 Å². The first-order chi connectivity index (χ1) is 26.5. The molecule has 0 spiro atoms. The van der Waals surface area contributed by atoms with Gasteiger partial charge in [0.2, 0.25) is 0 Å². The van der Waals surface area contributed by atoms with E-state index in [0.717, 1.165) is 0 Å². The van der Waals surface area contributed by atoms with Gasteiger partial charge in [-0.2, -0.15) is 0 Å². The van der Waals surface area contributed by atoms with Gasteiger partial charge in [0.15, 0.2) is 19.2 Å². The van der Waals surface area contributed by atoms with Gasteiger partial charge in [-0.1, -0.05) is 32.9 Å². The number of cyclic esters (lactones) is 1. The minimum absolute atomic E-state index is 0.116. The van der Waals surface area contributed by atoms with E-state index in [1.807, 2.05) is 39.8 Å². The fourth-order valence-electron chi connectivity index (χ4n) is 8.79. The van der Waals surface area contributed by atoms with Crippen molar-refractivity contribution in [3.05, 3.63) is 0 Å². The zero-order valence-corrected chi connectivity index (χ0v) is 36.6. The first-order valence-corrected chi connectivity index (χ1v) is 20.2. The second kappa shape index (κ2) is 20.5. The normalized spacial score (nSPS) is 45.0. The van der Waals surface area contributed by atoms with Gasteiger partial charge in [-0.25, -0.2) is 0 Å². The number of aliphatic hydroxyl groups is 4. The zero-order chi connectivity index (χ0) is 43.2. The van der Waals surface area contributed by atoms with Crippen LogP contribution in [0.3, 0.4) is 0 Å². The average Bonchev–Trinajstić information content (AvgIpc) is 3.17. The Bertz CT molecular complexity index is 1340. The molecule has 3 heterocycles. The van der Waals surface area contributed by atoms with Crippen molar-refractivity contribution in [3.63, 3.8) is 0 Å². The molecule has 3 aliphatic rings. The molecule has 57 heavy (non-hydrogen) atoms. The number of oxime groups is 1. The minimum atomic E-state index is -1.97. The van der Waals surface area contributed by atoms with Crippen LogP contribution in [0.2, 0.25) is 0 Å². The van der Waals surface area contributed by atoms with Gasteiger partial charge >= 0.3 is 5.97 Å². The van der Waals surface area contributed by atoms with Gasteiger partial charge in [-0.15, -0.1) is 0 Å². The summed E-state index contributed by atoms with van der Waals surface area (Å²) in [6.45, 7) is 15.4. The molecule has 3 rings (SSSR count). The molecule has 0 bridgehead atoms. The summed E-state index contributed by atoms with van der Waals surface area (Å²) in [5, 5.41) is 53.3. The van der Waals surface area contributed by atoms with Crippen LogP contribution in [0.25, 0.3) is 0 Å². The summed E-state index contributed by atoms with van der Waals surface area (Å²) < 4.78 is 44.1. The fourth-order valence-corrected chi connectivity index (χ4v) is 8.79. The Kier molecular flexibility index (Phi) is 17.7. The fraction of sp³-hybridized carbons (Fsp3) is 0.925. The van der Waals surface area contributed by atoms with E-state index < -0.39 is 114 Å². The third-order valence-corrected chi connectivity index (χ3v) is 12.7. The maximum Gasteiger partial charge on any atom is 0.311 e. The third kappa shape index (κ3) is 11.2. The lowest BCUT2D eigenvalue weighted by Crippen LogP contribution is -2.61. The molecule has 332 valence electrons. The number of ether oxygens (including phenoxy) is 7. The van der Waals surface area contributed by atoms with Crippen molar-refractivity contribution in [1.29, 1.82) is 0 Å². The van der Waals surface area contributed by atoms with Crippen molar-refractivity contribution in [2.24, 2.45) is 28.8 Å². The SMILES string of the molecule is CCC1OC(=O)[C@H](C)C(OC2CC(C)(OC)C(O)C(C)O2)C(C)C(OC2OCCC(N(C)C)C2O)[C@](C)(OC)CC(C)/C(=N\OCC(=O)NC)[C@H](C)[C@@H](O)[C@]1(C)O. The summed E-state index contributed by atoms with van der Waals surface area (Å²) >= 11 is 0. The van der Waals surface area contributed by atoms with E-state index in [9.17, 15) is 30.0 Å². The van der Waals surface area contributed by atoms with Crippen molar-refractivity contribution in [2.45, 2.75) is 166 Å². The van der Waals surface area contributed by atoms with Crippen molar-refractivity contribution in [1.82, 2.24) is 10.2 Å². The number of nitrogens with one attached hydrogen (secondary N) is 1. The molecule has 17 nitrogen and oxygen atoms in total. The summed E-state index contributed by atoms with van der Waals surface area (Å²) in [4.78, 5) is 33.9. The predicted octanol–water partition coefficient (Wildman–Crippen LogP) is 1.60. The van der Waals surface area contributed by atoms with Crippen molar-refractivity contribution >= 4 is 17.6 Å². The largest absolute Gasteiger partial charge is 0.459 e. The van der Waals surface area contributed by atoms with Crippen LogP contribution < -0.4 is 5.32 Å². The lowest BCUT2D eigenvalue weighted by Gasteiger charge is -2.49. The van der Waals surface area contributed by atoms with Gasteiger partial charge < -0.3 is 68.6 Å². The highest BCUT2D eigenvalue weighted by Gasteiger charge is 2.53. The number of esters is 1. The first-order valence-electron chi connectivity index (χ1n) is 20.2. The van der Waals surface area contributed by atoms with Crippen LogP contribution in [-0.4, -0.2) is 170 Å². The van der Waals surface area contributed by atoms with E-state index in [2.05, 4.69) is 10.5 Å². The third-order valence-electron chi connectivity index (χ3n) is 12.7. The number of amides is 1. The quantitative estimate of drug-likeness (QED) is 0.148. The molecule has 3 saturated heterocycles. The Morgan fingerprint density at radius 3 is 2.16 bits per heavy atom. The first kappa shape index (κ1) is 49.3. The highest BCUT2D eigenvalue weighted by Crippen LogP contribution is 2.41. The number of rotatable bonds is 11. The van der Waals surface area contributed by atoms with Crippen molar-refractivity contribution < 1.29 is 68.0 Å². The van der Waals surface area contributed by atoms with Crippen LogP contribution in [0.5, 0.6) is 0 Å². The molecule has 0 saturated carbocycles. The summed E-state index contributed by atoms with van der Waals surface area (Å²) in [5.74, 6) is -4.30. The van der Waals surface area contributed by atoms with E-state index in [-0.39, 0.29) is 25.3 Å². The number of carbonyl (C=O) groups excluding carboxylic acids is 2. The zero-order valence-electron chi connectivity index (χ0n) is 36.6. The summed E-state index contributed by atoms with van der Waals surface area (Å²) in [6, 6.07) is -0.279. The predicted molar refractivity (Wildman–Crippen MR) is 209 cm³/mol. The number of hydrogen-bond donors (Lipinski definition) is 5. The molecule has 0 aromatic carbocycles. The summed E-state index contributed by atoms with van der Waals surface area (Å²) in [7, 11) is 8.24. The molecule has 5 N–H and O–H groups in total. The van der Waals surface area contributed by atoms with E-state index in [4.69, 9.17) is 38.0 Å². The Balaban J connectivity index is 2.27. The smallest absolute Gasteiger partial charge is 0.311 e. The van der Waals surface area contributed by atoms with Crippen molar-refractivity contribution in [2.75, 3.05) is 48.6 Å². The van der Waals surface area contributed by atoms with Gasteiger partial charge in [0.05, 0.1) is 53.9 Å². The summed E-state index contributed by atoms with van der Waals surface area (Å²) in [5.41, 5.74) is -3.95. The van der Waals surface area contributed by atoms with Gasteiger partial charge in [0.1, 0.15) is 23.9 Å². The van der Waals surface area contributed by atoms with E-state index in [1.165, 1.54) is 28.2 Å². The molecule has 0 aliphatic carbocycles. The number of likely N-dealkylation sites (N-methyl/N-ethyl adjacent to an activating group) is 2. The van der Waals surface area contributed by atoms with Gasteiger partial charge in [0, 0.05) is 51.5 Å². The second-order valence-electron chi connectivity index (χ2n) is 17.2. The average molecular weight is 820 g/mol. The molecular formula is C40H73N3O14. The van der Waals surface area contributed by atoms with E-state index in [1.54, 1.807) is 34.6 Å². The monoisotopic (exact) mass is 820 g/mol. The lowest BCUT2D eigenvalue weighted by molar-refractivity contribution is -0.314. The molecule has 0 aromatic rings. The van der Waals surface area contributed by atoms with Gasteiger partial charge in [-0.05, 0) is 68.0 Å². The van der Waals surface area contributed by atoms with Crippen LogP contribution >= 0.6 is 0 Å². The molecule has 3 aliphatic heterocycles. The van der Waals surface area contributed by atoms with Crippen LogP contribution in [0.15, 0.2) is 5.16 Å². The Morgan fingerprint density at radius 2 is 1.60 bits per heavy atom. The van der Waals surface area contributed by atoms with Crippen molar-refractivity contribution in [3.8, 4) is 0 Å². The number of methoxy groups -OCH3 is 2. The number of aliphatic hydroxyl groups excluding tert-OH is 3. The highest BCUT2D eigenvalue weighted by atomic mass is 16.7. The molecule has 17 atom stereocenters. The molecule has 3 fully saturated rings. The lowest BCUT2D eigenvalue weighted by atomic mass is 9.73. The molecule has 1 amide bonds. The van der Waals surface area contributed by atoms with Gasteiger partial charge in [-0.3, -0.25) is 9.59 Å². The van der Waals surface area contributed by atoms with E-state index in [0.29, 0.717) is 18.7 Å². The van der Waals surface area contributed by atoms with Crippen LogP contribution in [0, 0.1) is 23.7 Å². The maximum atomic E-state index is 14.4. The van der Waals surface area contributed by atoms with Crippen LogP contribution in [-0.2, 0) is 47.6 Å². The van der Waals surface area contributed by atoms with Crippen LogP contribution in [0.1, 0.15) is 88.0 Å². The topological polar surface area (TPSA) is 217 Å². The van der Waals surface area contributed by atoms with Crippen LogP contribution in [0.4, 0.5) is 0 Å². The number of carbonyl (C=O) groups is 2. The Labute approximate surface area is 339 Å². The molecule has 0 aromatic heterocycles. The Hall–Kier alpha value is -2.03. The maximum absolute atomic E-state index is 14.4. The molecule has 12 unspecified atom stereocenters. The molecule has 0 radical (unpaired) electrons. The molecular weight excluding hydrogens is 746 g/mol. The highest BCUT2D eigenvalue weighted by molar-refractivity contribution is 5.89. The van der Waals surface area contributed by atoms with E-state index >= 15 is 0 Å². The molecule has 17 heteroatoms. The Morgan fingerprint density at radius 1 is 0.965 bits per heavy atom. The summed E-state index contributed by atoms with van der Waals surface area (Å²) in [6.07, 6.45) is -8.44. The standard InChI is InChI=1S/C40H73N3O14/c1-15-27-40(9,49)33(46)22(3)30(42-53-20-28(44)41-10)21(2)18-39(8,51-14)35(57-37-31(45)26(43(11)12)16-17-52-37)23(4)32(24(5)36(48)55-27)56-29-19-38(7,50-13)34(47)25(6)54-29/h21-27,29,31-35,37,45-47,49H,15-20H2,1-14H3,(H,41,44)/b42-30+/t21?,22-,23?,24+,25?,26?,27?,29?,31?,32?,33+,34?,35?,37?,38?,39+,40+/m0/s1. The number of nitrogens with zero attached hydrogens (tertiary/aromatic N) is 2. The number of hydrogen-bond acceptors (Lipinski definition) is 16. The second-order valence-corrected chi connectivity index (χ2v) is 17.2. The minimum Gasteiger partial charge on any atom is -0.459 e.